The van der Waals surface area contributed by atoms with E-state index in [1.54, 1.807) is 18.3 Å². The molecule has 5 nitrogen and oxygen atoms in total. The maximum atomic E-state index is 13.0. The molecule has 2 N–H and O–H groups in total. The number of hydrogen-bond donors (Lipinski definition) is 2. The molecule has 0 unspecified atom stereocenters. The molecule has 146 valence electrons. The summed E-state index contributed by atoms with van der Waals surface area (Å²) in [4.78, 5) is 19.0. The Kier molecular flexibility index (Phi) is 5.77. The van der Waals surface area contributed by atoms with Gasteiger partial charge in [-0.25, -0.2) is 4.98 Å². The van der Waals surface area contributed by atoms with E-state index in [0.717, 1.165) is 25.0 Å². The second-order valence-electron chi connectivity index (χ2n) is 6.30. The molecule has 0 saturated carbocycles. The third-order valence-corrected chi connectivity index (χ3v) is 4.32. The van der Waals surface area contributed by atoms with Crippen molar-refractivity contribution in [3.8, 4) is 5.75 Å². The molecule has 8 heteroatoms. The second-order valence-corrected chi connectivity index (χ2v) is 6.30. The molecule has 3 rings (SSSR count). The Hall–Kier alpha value is -3.16. The fraction of sp³-hybridized carbons (Fsp3) is 0.250. The van der Waals surface area contributed by atoms with Crippen LogP contribution in [-0.4, -0.2) is 27.9 Å². The number of halogens is 3. The Labute approximate surface area is 159 Å². The summed E-state index contributed by atoms with van der Waals surface area (Å²) < 4.78 is 38.9. The highest BCUT2D eigenvalue weighted by atomic mass is 19.4. The largest absolute Gasteiger partial charge is 0.506 e. The molecule has 0 bridgehead atoms. The van der Waals surface area contributed by atoms with E-state index in [-0.39, 0.29) is 11.4 Å². The minimum Gasteiger partial charge on any atom is -0.506 e. The lowest BCUT2D eigenvalue weighted by atomic mass is 10.1. The van der Waals surface area contributed by atoms with Gasteiger partial charge >= 0.3 is 6.18 Å². The number of rotatable bonds is 7. The van der Waals surface area contributed by atoms with Gasteiger partial charge < -0.3 is 10.4 Å². The van der Waals surface area contributed by atoms with Crippen LogP contribution in [0.1, 0.15) is 34.6 Å². The van der Waals surface area contributed by atoms with Crippen LogP contribution in [0.15, 0.2) is 42.6 Å². The highest BCUT2D eigenvalue weighted by Gasteiger charge is 2.30. The van der Waals surface area contributed by atoms with Crippen LogP contribution in [0.2, 0.25) is 0 Å². The average molecular weight is 389 g/mol. The van der Waals surface area contributed by atoms with E-state index in [1.807, 2.05) is 0 Å². The molecule has 0 fully saturated rings. The first-order valence-electron chi connectivity index (χ1n) is 8.72. The number of nitrogens with zero attached hydrogens (tertiary/aromatic N) is 2. The summed E-state index contributed by atoms with van der Waals surface area (Å²) in [5.74, 6) is -0.150. The summed E-state index contributed by atoms with van der Waals surface area (Å²) in [7, 11) is 0. The number of hydrogen-bond acceptors (Lipinski definition) is 5. The third kappa shape index (κ3) is 4.57. The molecule has 0 atom stereocenters. The molecule has 0 aliphatic rings. The van der Waals surface area contributed by atoms with Crippen LogP contribution in [0.4, 0.5) is 18.9 Å². The van der Waals surface area contributed by atoms with Gasteiger partial charge in [-0.15, -0.1) is 0 Å². The molecule has 0 aliphatic heterocycles. The monoisotopic (exact) mass is 389 g/mol. The topological polar surface area (TPSA) is 75.1 Å². The molecule has 1 aromatic carbocycles. The summed E-state index contributed by atoms with van der Waals surface area (Å²) >= 11 is 0. The zero-order valence-corrected chi connectivity index (χ0v) is 14.8. The minimum absolute atomic E-state index is 0.0133. The number of unbranched alkanes of at least 4 members (excludes halogenated alkanes) is 1. The smallest absolute Gasteiger partial charge is 0.416 e. The van der Waals surface area contributed by atoms with E-state index in [9.17, 15) is 23.1 Å². The van der Waals surface area contributed by atoms with Crippen LogP contribution in [0.3, 0.4) is 0 Å². The van der Waals surface area contributed by atoms with Crippen molar-refractivity contribution in [3.05, 3.63) is 59.5 Å². The molecule has 0 aliphatic carbocycles. The minimum atomic E-state index is -4.40. The van der Waals surface area contributed by atoms with E-state index >= 15 is 0 Å². The zero-order valence-electron chi connectivity index (χ0n) is 14.8. The van der Waals surface area contributed by atoms with Gasteiger partial charge in [0, 0.05) is 29.5 Å². The molecule has 0 saturated heterocycles. The molecule has 0 radical (unpaired) electrons. The number of aromatic hydroxyl groups is 1. The van der Waals surface area contributed by atoms with Crippen LogP contribution in [0.25, 0.3) is 10.9 Å². The van der Waals surface area contributed by atoms with E-state index in [2.05, 4.69) is 15.3 Å². The highest BCUT2D eigenvalue weighted by molar-refractivity contribution is 5.91. The van der Waals surface area contributed by atoms with E-state index < -0.39 is 11.7 Å². The molecule has 28 heavy (non-hydrogen) atoms. The predicted octanol–water partition coefficient (Wildman–Crippen LogP) is 4.60. The van der Waals surface area contributed by atoms with Crippen LogP contribution < -0.4 is 5.32 Å². The number of anilines is 1. The highest BCUT2D eigenvalue weighted by Crippen LogP contribution is 2.33. The maximum absolute atomic E-state index is 13.0. The first kappa shape index (κ1) is 19.6. The summed E-state index contributed by atoms with van der Waals surface area (Å²) in [5, 5.41) is 13.0. The number of aromatic nitrogens is 2. The van der Waals surface area contributed by atoms with E-state index in [4.69, 9.17) is 0 Å². The fourth-order valence-electron chi connectivity index (χ4n) is 2.87. The van der Waals surface area contributed by atoms with Crippen molar-refractivity contribution < 1.29 is 23.1 Å². The Morgan fingerprint density at radius 2 is 1.93 bits per heavy atom. The normalized spacial score (nSPS) is 11.5. The van der Waals surface area contributed by atoms with Crippen molar-refractivity contribution in [1.29, 1.82) is 0 Å². The number of aryl methyl sites for hydroxylation is 1. The van der Waals surface area contributed by atoms with Crippen LogP contribution in [-0.2, 0) is 12.6 Å². The second kappa shape index (κ2) is 8.24. The quantitative estimate of drug-likeness (QED) is 0.456. The van der Waals surface area contributed by atoms with Crippen LogP contribution in [0.5, 0.6) is 5.75 Å². The average Bonchev–Trinajstić information content (AvgIpc) is 2.68. The Morgan fingerprint density at radius 1 is 1.11 bits per heavy atom. The van der Waals surface area contributed by atoms with Gasteiger partial charge in [0.2, 0.25) is 0 Å². The molecular formula is C20H18F3N3O2. The van der Waals surface area contributed by atoms with Gasteiger partial charge in [0.1, 0.15) is 11.4 Å². The van der Waals surface area contributed by atoms with Crippen molar-refractivity contribution >= 4 is 22.9 Å². The van der Waals surface area contributed by atoms with Gasteiger partial charge in [-0.2, -0.15) is 13.2 Å². The Balaban J connectivity index is 1.60. The van der Waals surface area contributed by atoms with E-state index in [1.165, 1.54) is 12.1 Å². The number of pyridine rings is 2. The molecule has 0 spiro atoms. The lowest BCUT2D eigenvalue weighted by molar-refractivity contribution is -0.137. The summed E-state index contributed by atoms with van der Waals surface area (Å²) in [5.41, 5.74) is 1.10. The van der Waals surface area contributed by atoms with E-state index in [0.29, 0.717) is 41.5 Å². The molecule has 3 aromatic rings. The van der Waals surface area contributed by atoms with Crippen LogP contribution >= 0.6 is 0 Å². The number of carbonyl (C=O) groups is 1. The van der Waals surface area contributed by atoms with Gasteiger partial charge in [-0.05, 0) is 55.7 Å². The van der Waals surface area contributed by atoms with Crippen molar-refractivity contribution in [1.82, 2.24) is 9.97 Å². The lowest BCUT2D eigenvalue weighted by Crippen LogP contribution is -2.06. The van der Waals surface area contributed by atoms with Gasteiger partial charge in [0.05, 0.1) is 11.1 Å². The number of nitrogens with one attached hydrogen (secondary N) is 1. The third-order valence-electron chi connectivity index (χ3n) is 4.32. The maximum Gasteiger partial charge on any atom is 0.416 e. The van der Waals surface area contributed by atoms with Crippen molar-refractivity contribution in [2.24, 2.45) is 0 Å². The molecule has 2 heterocycles. The van der Waals surface area contributed by atoms with Gasteiger partial charge in [-0.1, -0.05) is 0 Å². The molecule has 2 aromatic heterocycles. The first-order chi connectivity index (χ1) is 13.4. The predicted molar refractivity (Wildman–Crippen MR) is 99.5 cm³/mol. The summed E-state index contributed by atoms with van der Waals surface area (Å²) in [6, 6.07) is 8.24. The van der Waals surface area contributed by atoms with Gasteiger partial charge in [-0.3, -0.25) is 9.78 Å². The molecule has 0 amide bonds. The Morgan fingerprint density at radius 3 is 2.68 bits per heavy atom. The zero-order chi connectivity index (χ0) is 20.1. The van der Waals surface area contributed by atoms with Crippen molar-refractivity contribution in [2.45, 2.75) is 25.4 Å². The van der Waals surface area contributed by atoms with Crippen molar-refractivity contribution in [3.63, 3.8) is 0 Å². The lowest BCUT2D eigenvalue weighted by Gasteiger charge is -2.12. The fourth-order valence-corrected chi connectivity index (χ4v) is 2.87. The standard InChI is InChI=1S/C20H18F3N3O2/c21-20(22,23)13-4-6-16-15(11-13)17(8-10-25-16)24-9-2-1-3-14-5-7-19(28)18(12-27)26-14/h4-8,10-12,28H,1-3,9H2,(H,24,25). The van der Waals surface area contributed by atoms with Gasteiger partial charge in [0.15, 0.2) is 6.29 Å². The number of benzene rings is 1. The van der Waals surface area contributed by atoms with Crippen molar-refractivity contribution in [2.75, 3.05) is 11.9 Å². The number of alkyl halides is 3. The summed E-state index contributed by atoms with van der Waals surface area (Å²) in [6.07, 6.45) is -0.206. The number of aldehydes is 1. The first-order valence-corrected chi connectivity index (χ1v) is 8.72. The van der Waals surface area contributed by atoms with Crippen LogP contribution in [0, 0.1) is 0 Å². The number of carbonyl (C=O) groups excluding carboxylic acids is 1. The van der Waals surface area contributed by atoms with Gasteiger partial charge in [0.25, 0.3) is 0 Å². The number of fused-ring (bicyclic) bond motifs is 1. The Bertz CT molecular complexity index is 990. The molecular weight excluding hydrogens is 371 g/mol. The SMILES string of the molecule is O=Cc1nc(CCCCNc2ccnc3ccc(C(F)(F)F)cc23)ccc1O. The summed E-state index contributed by atoms with van der Waals surface area (Å²) in [6.45, 7) is 0.563.